The number of aromatic nitrogens is 1. The number of rotatable bonds is 5. The topological polar surface area (TPSA) is 26.2 Å². The Kier molecular flexibility index (Phi) is 3.69. The maximum Gasteiger partial charge on any atom is 0.128 e. The molecule has 0 spiro atoms. The highest BCUT2D eigenvalue weighted by atomic mass is 16.5. The normalized spacial score (nSPS) is 11.0. The summed E-state index contributed by atoms with van der Waals surface area (Å²) in [6.45, 7) is 1.05. The van der Waals surface area contributed by atoms with Crippen LogP contribution in [0.25, 0.3) is 10.9 Å². The zero-order chi connectivity index (χ0) is 12.3. The van der Waals surface area contributed by atoms with Crippen LogP contribution in [0.1, 0.15) is 12.1 Å². The molecular formula is C14H20N2O. The van der Waals surface area contributed by atoms with Gasteiger partial charge >= 0.3 is 0 Å². The highest BCUT2D eigenvalue weighted by Crippen LogP contribution is 2.28. The lowest BCUT2D eigenvalue weighted by molar-refractivity contribution is 0.420. The number of nitrogens with zero attached hydrogens (tertiary/aromatic N) is 1. The molecule has 3 nitrogen and oxygen atoms in total. The van der Waals surface area contributed by atoms with Crippen molar-refractivity contribution in [2.24, 2.45) is 7.05 Å². The molecule has 0 atom stereocenters. The Bertz CT molecular complexity index is 502. The number of ether oxygens (including phenoxy) is 1. The fourth-order valence-corrected chi connectivity index (χ4v) is 2.25. The highest BCUT2D eigenvalue weighted by Gasteiger charge is 2.08. The van der Waals surface area contributed by atoms with Gasteiger partial charge in [-0.25, -0.2) is 0 Å². The molecule has 0 fully saturated rings. The second-order valence-corrected chi connectivity index (χ2v) is 4.29. The molecule has 1 heterocycles. The van der Waals surface area contributed by atoms with Gasteiger partial charge < -0.3 is 14.6 Å². The van der Waals surface area contributed by atoms with Crippen molar-refractivity contribution < 1.29 is 4.74 Å². The third-order valence-corrected chi connectivity index (χ3v) is 3.23. The molecule has 3 heteroatoms. The van der Waals surface area contributed by atoms with Crippen molar-refractivity contribution in [3.8, 4) is 5.75 Å². The summed E-state index contributed by atoms with van der Waals surface area (Å²) in [4.78, 5) is 0. The number of benzene rings is 1. The van der Waals surface area contributed by atoms with E-state index >= 15 is 0 Å². The summed E-state index contributed by atoms with van der Waals surface area (Å²) in [5.41, 5.74) is 2.60. The molecule has 0 saturated carbocycles. The van der Waals surface area contributed by atoms with Crippen LogP contribution in [0.4, 0.5) is 0 Å². The first-order valence-electron chi connectivity index (χ1n) is 6.04. The SMILES string of the molecule is CNCCCc1cc2c(OC)cccc2n1C. The average Bonchev–Trinajstić information content (AvgIpc) is 2.67. The first-order valence-corrected chi connectivity index (χ1v) is 6.04. The van der Waals surface area contributed by atoms with E-state index in [-0.39, 0.29) is 0 Å². The van der Waals surface area contributed by atoms with Crippen LogP contribution in [0, 0.1) is 0 Å². The van der Waals surface area contributed by atoms with Crippen LogP contribution in [0.5, 0.6) is 5.75 Å². The van der Waals surface area contributed by atoms with Crippen molar-refractivity contribution in [2.75, 3.05) is 20.7 Å². The van der Waals surface area contributed by atoms with Crippen molar-refractivity contribution in [1.82, 2.24) is 9.88 Å². The van der Waals surface area contributed by atoms with E-state index in [4.69, 9.17) is 4.74 Å². The number of methoxy groups -OCH3 is 1. The van der Waals surface area contributed by atoms with Gasteiger partial charge in [0.25, 0.3) is 0 Å². The van der Waals surface area contributed by atoms with E-state index in [1.54, 1.807) is 7.11 Å². The van der Waals surface area contributed by atoms with Gasteiger partial charge in [-0.05, 0) is 44.6 Å². The van der Waals surface area contributed by atoms with Crippen LogP contribution in [0.2, 0.25) is 0 Å². The van der Waals surface area contributed by atoms with E-state index in [2.05, 4.69) is 29.1 Å². The zero-order valence-corrected chi connectivity index (χ0v) is 10.8. The second kappa shape index (κ2) is 5.23. The summed E-state index contributed by atoms with van der Waals surface area (Å²) in [6, 6.07) is 8.43. The Morgan fingerprint density at radius 1 is 1.35 bits per heavy atom. The summed E-state index contributed by atoms with van der Waals surface area (Å²) < 4.78 is 7.65. The lowest BCUT2D eigenvalue weighted by atomic mass is 10.2. The molecule has 92 valence electrons. The summed E-state index contributed by atoms with van der Waals surface area (Å²) in [5, 5.41) is 4.39. The van der Waals surface area contributed by atoms with Crippen molar-refractivity contribution in [3.63, 3.8) is 0 Å². The summed E-state index contributed by atoms with van der Waals surface area (Å²) in [5.74, 6) is 0.956. The lowest BCUT2D eigenvalue weighted by Gasteiger charge is -2.04. The largest absolute Gasteiger partial charge is 0.496 e. The Hall–Kier alpha value is -1.48. The minimum Gasteiger partial charge on any atom is -0.496 e. The van der Waals surface area contributed by atoms with Gasteiger partial charge in [-0.2, -0.15) is 0 Å². The zero-order valence-electron chi connectivity index (χ0n) is 10.8. The standard InChI is InChI=1S/C14H20N2O/c1-15-9-5-6-11-10-12-13(16(11)2)7-4-8-14(12)17-3/h4,7-8,10,15H,5-6,9H2,1-3H3. The molecule has 1 N–H and O–H groups in total. The van der Waals surface area contributed by atoms with Crippen LogP contribution in [0.3, 0.4) is 0 Å². The Morgan fingerprint density at radius 2 is 2.18 bits per heavy atom. The van der Waals surface area contributed by atoms with E-state index in [1.807, 2.05) is 19.2 Å². The molecule has 17 heavy (non-hydrogen) atoms. The molecule has 0 bridgehead atoms. The first-order chi connectivity index (χ1) is 8.27. The third kappa shape index (κ3) is 2.29. The fourth-order valence-electron chi connectivity index (χ4n) is 2.25. The predicted octanol–water partition coefficient (Wildman–Crippen LogP) is 2.34. The average molecular weight is 232 g/mol. The molecule has 0 amide bonds. The molecule has 1 aromatic heterocycles. The fraction of sp³-hybridized carbons (Fsp3) is 0.429. The summed E-state index contributed by atoms with van der Waals surface area (Å²) in [6.07, 6.45) is 2.25. The van der Waals surface area contributed by atoms with E-state index in [0.29, 0.717) is 0 Å². The second-order valence-electron chi connectivity index (χ2n) is 4.29. The van der Waals surface area contributed by atoms with Crippen LogP contribution in [-0.2, 0) is 13.5 Å². The molecule has 0 aliphatic carbocycles. The monoisotopic (exact) mass is 232 g/mol. The predicted molar refractivity (Wildman–Crippen MR) is 71.7 cm³/mol. The Labute approximate surface area is 102 Å². The van der Waals surface area contributed by atoms with E-state index < -0.39 is 0 Å². The lowest BCUT2D eigenvalue weighted by Crippen LogP contribution is -2.09. The van der Waals surface area contributed by atoms with Gasteiger partial charge in [-0.1, -0.05) is 6.07 Å². The molecular weight excluding hydrogens is 212 g/mol. The molecule has 0 aliphatic heterocycles. The van der Waals surface area contributed by atoms with E-state index in [0.717, 1.165) is 25.1 Å². The molecule has 0 radical (unpaired) electrons. The number of fused-ring (bicyclic) bond motifs is 1. The van der Waals surface area contributed by atoms with Crippen molar-refractivity contribution in [1.29, 1.82) is 0 Å². The maximum absolute atomic E-state index is 5.40. The van der Waals surface area contributed by atoms with Gasteiger partial charge in [0.2, 0.25) is 0 Å². The summed E-state index contributed by atoms with van der Waals surface area (Å²) in [7, 11) is 5.84. The van der Waals surface area contributed by atoms with Crippen LogP contribution >= 0.6 is 0 Å². The van der Waals surface area contributed by atoms with Crippen molar-refractivity contribution >= 4 is 10.9 Å². The number of aryl methyl sites for hydroxylation is 2. The van der Waals surface area contributed by atoms with Crippen LogP contribution in [0.15, 0.2) is 24.3 Å². The van der Waals surface area contributed by atoms with Crippen LogP contribution < -0.4 is 10.1 Å². The number of hydrogen-bond donors (Lipinski definition) is 1. The van der Waals surface area contributed by atoms with Gasteiger partial charge in [0.1, 0.15) is 5.75 Å². The van der Waals surface area contributed by atoms with Gasteiger partial charge in [0.15, 0.2) is 0 Å². The van der Waals surface area contributed by atoms with Crippen molar-refractivity contribution in [3.05, 3.63) is 30.0 Å². The van der Waals surface area contributed by atoms with E-state index in [9.17, 15) is 0 Å². The molecule has 2 rings (SSSR count). The highest BCUT2D eigenvalue weighted by molar-refractivity contribution is 5.87. The molecule has 0 aliphatic rings. The minimum absolute atomic E-state index is 0.956. The minimum atomic E-state index is 0.956. The van der Waals surface area contributed by atoms with Crippen LogP contribution in [-0.4, -0.2) is 25.3 Å². The smallest absolute Gasteiger partial charge is 0.128 e. The number of nitrogens with one attached hydrogen (secondary N) is 1. The molecule has 1 aromatic carbocycles. The van der Waals surface area contributed by atoms with Crippen molar-refractivity contribution in [2.45, 2.75) is 12.8 Å². The maximum atomic E-state index is 5.40. The quantitative estimate of drug-likeness (QED) is 0.801. The van der Waals surface area contributed by atoms with Gasteiger partial charge in [-0.15, -0.1) is 0 Å². The summed E-state index contributed by atoms with van der Waals surface area (Å²) >= 11 is 0. The first kappa shape index (κ1) is 12.0. The molecule has 0 unspecified atom stereocenters. The van der Waals surface area contributed by atoms with Gasteiger partial charge in [0, 0.05) is 18.1 Å². The Balaban J connectivity index is 2.35. The molecule has 0 saturated heterocycles. The van der Waals surface area contributed by atoms with Gasteiger partial charge in [0.05, 0.1) is 12.6 Å². The third-order valence-electron chi connectivity index (χ3n) is 3.23. The number of hydrogen-bond acceptors (Lipinski definition) is 2. The molecule has 2 aromatic rings. The Morgan fingerprint density at radius 3 is 2.88 bits per heavy atom. The van der Waals surface area contributed by atoms with Gasteiger partial charge in [-0.3, -0.25) is 0 Å². The van der Waals surface area contributed by atoms with E-state index in [1.165, 1.54) is 16.6 Å².